The molecule has 1 heterocycles. The number of nitrogens with two attached hydrogens (primary N) is 1. The monoisotopic (exact) mass is 242 g/mol. The molecule has 5 heteroatoms. The van der Waals surface area contributed by atoms with Crippen molar-refractivity contribution in [3.63, 3.8) is 0 Å². The van der Waals surface area contributed by atoms with Gasteiger partial charge in [-0.25, -0.2) is 0 Å². The standard InChI is InChI=1S/C13H14N4O/c1-8-2-4-9(5-3-8)10-16-12(17-18-10)13(6-7-13)11(14)15/h2-5H,6-7H2,1H3,(H3,14,15). The van der Waals surface area contributed by atoms with E-state index in [1.165, 1.54) is 5.56 Å². The average molecular weight is 242 g/mol. The van der Waals surface area contributed by atoms with Gasteiger partial charge in [-0.2, -0.15) is 4.98 Å². The molecule has 5 nitrogen and oxygen atoms in total. The minimum Gasteiger partial charge on any atom is -0.387 e. The number of nitrogens with zero attached hydrogens (tertiary/aromatic N) is 2. The van der Waals surface area contributed by atoms with E-state index < -0.39 is 5.41 Å². The highest BCUT2D eigenvalue weighted by Crippen LogP contribution is 2.46. The fourth-order valence-electron chi connectivity index (χ4n) is 1.97. The second-order valence-corrected chi connectivity index (χ2v) is 4.78. The molecule has 0 saturated heterocycles. The number of hydrogen-bond acceptors (Lipinski definition) is 4. The number of aromatic nitrogens is 2. The van der Waals surface area contributed by atoms with E-state index >= 15 is 0 Å². The minimum absolute atomic E-state index is 0.124. The lowest BCUT2D eigenvalue weighted by atomic mass is 10.1. The lowest BCUT2D eigenvalue weighted by molar-refractivity contribution is 0.419. The molecular weight excluding hydrogens is 228 g/mol. The van der Waals surface area contributed by atoms with Gasteiger partial charge in [-0.05, 0) is 31.9 Å². The van der Waals surface area contributed by atoms with Gasteiger partial charge >= 0.3 is 0 Å². The number of nitrogens with one attached hydrogen (secondary N) is 1. The van der Waals surface area contributed by atoms with Gasteiger partial charge < -0.3 is 10.3 Å². The topological polar surface area (TPSA) is 88.8 Å². The van der Waals surface area contributed by atoms with Crippen molar-refractivity contribution in [1.29, 1.82) is 5.41 Å². The molecule has 0 aliphatic heterocycles. The van der Waals surface area contributed by atoms with Crippen LogP contribution in [0, 0.1) is 12.3 Å². The van der Waals surface area contributed by atoms with Crippen LogP contribution in [0.15, 0.2) is 28.8 Å². The zero-order valence-corrected chi connectivity index (χ0v) is 10.1. The van der Waals surface area contributed by atoms with Gasteiger partial charge in [0, 0.05) is 5.56 Å². The third-order valence-corrected chi connectivity index (χ3v) is 3.42. The van der Waals surface area contributed by atoms with Gasteiger partial charge in [0.2, 0.25) is 0 Å². The molecule has 1 saturated carbocycles. The fraction of sp³-hybridized carbons (Fsp3) is 0.308. The van der Waals surface area contributed by atoms with E-state index in [1.807, 2.05) is 31.2 Å². The molecule has 3 N–H and O–H groups in total. The van der Waals surface area contributed by atoms with Gasteiger partial charge in [-0.1, -0.05) is 22.9 Å². The second kappa shape index (κ2) is 3.66. The first-order valence-corrected chi connectivity index (χ1v) is 5.87. The summed E-state index contributed by atoms with van der Waals surface area (Å²) >= 11 is 0. The van der Waals surface area contributed by atoms with Crippen molar-refractivity contribution >= 4 is 5.84 Å². The van der Waals surface area contributed by atoms with E-state index in [1.54, 1.807) is 0 Å². The van der Waals surface area contributed by atoms with Crippen LogP contribution in [-0.4, -0.2) is 16.0 Å². The molecule has 0 amide bonds. The van der Waals surface area contributed by atoms with Crippen LogP contribution in [0.4, 0.5) is 0 Å². The Morgan fingerprint density at radius 2 is 2.00 bits per heavy atom. The van der Waals surface area contributed by atoms with Crippen molar-refractivity contribution in [2.75, 3.05) is 0 Å². The van der Waals surface area contributed by atoms with E-state index in [-0.39, 0.29) is 5.84 Å². The quantitative estimate of drug-likeness (QED) is 0.636. The van der Waals surface area contributed by atoms with Crippen LogP contribution in [0.25, 0.3) is 11.5 Å². The molecule has 1 aliphatic rings. The molecule has 0 radical (unpaired) electrons. The molecule has 2 aromatic rings. The summed E-state index contributed by atoms with van der Waals surface area (Å²) in [4.78, 5) is 4.37. The lowest BCUT2D eigenvalue weighted by Crippen LogP contribution is -2.28. The first-order valence-electron chi connectivity index (χ1n) is 5.87. The Morgan fingerprint density at radius 1 is 1.33 bits per heavy atom. The van der Waals surface area contributed by atoms with E-state index in [4.69, 9.17) is 15.7 Å². The molecule has 1 aliphatic carbocycles. The lowest BCUT2D eigenvalue weighted by Gasteiger charge is -2.05. The fourth-order valence-corrected chi connectivity index (χ4v) is 1.97. The Morgan fingerprint density at radius 3 is 2.56 bits per heavy atom. The summed E-state index contributed by atoms with van der Waals surface area (Å²) in [6.07, 6.45) is 1.66. The Hall–Kier alpha value is -2.17. The molecule has 92 valence electrons. The van der Waals surface area contributed by atoms with Gasteiger partial charge in [-0.3, -0.25) is 5.41 Å². The number of amidine groups is 1. The summed E-state index contributed by atoms with van der Waals surface area (Å²) in [5.41, 5.74) is 7.20. The molecule has 0 bridgehead atoms. The van der Waals surface area contributed by atoms with E-state index in [0.29, 0.717) is 11.7 Å². The Balaban J connectivity index is 1.95. The van der Waals surface area contributed by atoms with Crippen molar-refractivity contribution in [2.24, 2.45) is 5.73 Å². The zero-order chi connectivity index (χ0) is 12.8. The van der Waals surface area contributed by atoms with Crippen LogP contribution < -0.4 is 5.73 Å². The highest BCUT2D eigenvalue weighted by Gasteiger charge is 2.51. The third-order valence-electron chi connectivity index (χ3n) is 3.42. The molecule has 1 fully saturated rings. The molecule has 1 aromatic carbocycles. The Bertz CT molecular complexity index is 596. The van der Waals surface area contributed by atoms with Crippen LogP contribution in [0.3, 0.4) is 0 Å². The Kier molecular flexibility index (Phi) is 2.23. The molecule has 0 spiro atoms. The van der Waals surface area contributed by atoms with Gasteiger partial charge in [0.05, 0.1) is 5.41 Å². The third kappa shape index (κ3) is 1.59. The molecule has 1 aromatic heterocycles. The maximum absolute atomic E-state index is 7.60. The van der Waals surface area contributed by atoms with Gasteiger partial charge in [0.25, 0.3) is 5.89 Å². The predicted molar refractivity (Wildman–Crippen MR) is 67.3 cm³/mol. The summed E-state index contributed by atoms with van der Waals surface area (Å²) in [7, 11) is 0. The molecule has 0 unspecified atom stereocenters. The van der Waals surface area contributed by atoms with Crippen molar-refractivity contribution in [3.8, 4) is 11.5 Å². The van der Waals surface area contributed by atoms with E-state index in [2.05, 4.69) is 10.1 Å². The SMILES string of the molecule is Cc1ccc(-c2nc(C3(C(=N)N)CC3)no2)cc1. The first kappa shape index (κ1) is 11.0. The number of hydrogen-bond donors (Lipinski definition) is 2. The predicted octanol–water partition coefficient (Wildman–Crippen LogP) is 2.01. The number of aryl methyl sites for hydroxylation is 1. The van der Waals surface area contributed by atoms with Crippen molar-refractivity contribution in [2.45, 2.75) is 25.2 Å². The van der Waals surface area contributed by atoms with Crippen molar-refractivity contribution in [3.05, 3.63) is 35.7 Å². The smallest absolute Gasteiger partial charge is 0.257 e. The summed E-state index contributed by atoms with van der Waals surface area (Å²) in [5, 5.41) is 11.6. The highest BCUT2D eigenvalue weighted by molar-refractivity contribution is 5.91. The zero-order valence-electron chi connectivity index (χ0n) is 10.1. The summed E-state index contributed by atoms with van der Waals surface area (Å²) in [6.45, 7) is 2.03. The number of benzene rings is 1. The van der Waals surface area contributed by atoms with Crippen LogP contribution in [-0.2, 0) is 5.41 Å². The van der Waals surface area contributed by atoms with E-state index in [0.717, 1.165) is 18.4 Å². The van der Waals surface area contributed by atoms with Gasteiger partial charge in [-0.15, -0.1) is 0 Å². The maximum atomic E-state index is 7.60. The average Bonchev–Trinajstić information content (AvgIpc) is 3.03. The molecular formula is C13H14N4O. The summed E-state index contributed by atoms with van der Waals surface area (Å²) in [6, 6.07) is 7.88. The minimum atomic E-state index is -0.466. The van der Waals surface area contributed by atoms with Crippen LogP contribution in [0.2, 0.25) is 0 Å². The van der Waals surface area contributed by atoms with Gasteiger partial charge in [0.1, 0.15) is 5.84 Å². The van der Waals surface area contributed by atoms with Crippen molar-refractivity contribution < 1.29 is 4.52 Å². The highest BCUT2D eigenvalue weighted by atomic mass is 16.5. The van der Waals surface area contributed by atoms with Crippen LogP contribution in [0.1, 0.15) is 24.2 Å². The van der Waals surface area contributed by atoms with Crippen molar-refractivity contribution in [1.82, 2.24) is 10.1 Å². The number of rotatable bonds is 3. The second-order valence-electron chi connectivity index (χ2n) is 4.78. The summed E-state index contributed by atoms with van der Waals surface area (Å²) < 4.78 is 5.25. The largest absolute Gasteiger partial charge is 0.387 e. The Labute approximate surface area is 105 Å². The molecule has 0 atom stereocenters. The molecule has 3 rings (SSSR count). The normalized spacial score (nSPS) is 16.5. The molecule has 18 heavy (non-hydrogen) atoms. The first-order chi connectivity index (χ1) is 8.62. The maximum Gasteiger partial charge on any atom is 0.257 e. The summed E-state index contributed by atoms with van der Waals surface area (Å²) in [5.74, 6) is 1.14. The van der Waals surface area contributed by atoms with Crippen LogP contribution in [0.5, 0.6) is 0 Å². The van der Waals surface area contributed by atoms with Crippen LogP contribution >= 0.6 is 0 Å². The van der Waals surface area contributed by atoms with Gasteiger partial charge in [0.15, 0.2) is 5.82 Å². The van der Waals surface area contributed by atoms with E-state index in [9.17, 15) is 0 Å².